The SMILES string of the molecule is CN=C(NCCC(=O)N(C)Cc1ccccc1Br)NCCn1cccc1.I. The minimum atomic E-state index is 0. The van der Waals surface area contributed by atoms with Crippen molar-refractivity contribution in [2.45, 2.75) is 19.5 Å². The zero-order chi connectivity index (χ0) is 18.8. The van der Waals surface area contributed by atoms with Crippen molar-refractivity contribution in [3.05, 3.63) is 58.8 Å². The molecule has 1 aromatic carbocycles. The lowest BCUT2D eigenvalue weighted by Crippen LogP contribution is -2.40. The van der Waals surface area contributed by atoms with Gasteiger partial charge in [-0.2, -0.15) is 0 Å². The molecule has 0 atom stereocenters. The van der Waals surface area contributed by atoms with Crippen LogP contribution >= 0.6 is 39.9 Å². The second-order valence-electron chi connectivity index (χ2n) is 5.94. The third-order valence-electron chi connectivity index (χ3n) is 3.97. The van der Waals surface area contributed by atoms with Gasteiger partial charge in [0.2, 0.25) is 5.91 Å². The molecule has 6 nitrogen and oxygen atoms in total. The number of nitrogens with zero attached hydrogens (tertiary/aromatic N) is 3. The van der Waals surface area contributed by atoms with Crippen LogP contribution < -0.4 is 10.6 Å². The highest BCUT2D eigenvalue weighted by Gasteiger charge is 2.10. The number of rotatable bonds is 8. The summed E-state index contributed by atoms with van der Waals surface area (Å²) in [6.07, 6.45) is 4.47. The van der Waals surface area contributed by atoms with Crippen LogP contribution in [0.5, 0.6) is 0 Å². The number of hydrogen-bond donors (Lipinski definition) is 2. The molecule has 0 saturated heterocycles. The fourth-order valence-corrected chi connectivity index (χ4v) is 2.90. The maximum absolute atomic E-state index is 12.3. The Hall–Kier alpha value is -1.55. The summed E-state index contributed by atoms with van der Waals surface area (Å²) in [5.41, 5.74) is 1.10. The van der Waals surface area contributed by atoms with E-state index < -0.39 is 0 Å². The van der Waals surface area contributed by atoms with Gasteiger partial charge in [-0.05, 0) is 23.8 Å². The van der Waals surface area contributed by atoms with Crippen LogP contribution in [0.3, 0.4) is 0 Å². The van der Waals surface area contributed by atoms with E-state index in [9.17, 15) is 4.79 Å². The average molecular weight is 548 g/mol. The van der Waals surface area contributed by atoms with E-state index in [1.165, 1.54) is 0 Å². The number of amides is 1. The zero-order valence-electron chi connectivity index (χ0n) is 15.7. The molecule has 2 rings (SSSR count). The van der Waals surface area contributed by atoms with Crippen molar-refractivity contribution < 1.29 is 4.79 Å². The minimum absolute atomic E-state index is 0. The van der Waals surface area contributed by atoms with Gasteiger partial charge in [-0.25, -0.2) is 0 Å². The number of carbonyl (C=O) groups is 1. The molecule has 0 aliphatic heterocycles. The van der Waals surface area contributed by atoms with Gasteiger partial charge in [0, 0.05) is 63.6 Å². The summed E-state index contributed by atoms with van der Waals surface area (Å²) < 4.78 is 3.12. The van der Waals surface area contributed by atoms with Gasteiger partial charge in [-0.1, -0.05) is 34.1 Å². The van der Waals surface area contributed by atoms with E-state index in [2.05, 4.69) is 36.1 Å². The molecular formula is C19H27BrIN5O. The summed E-state index contributed by atoms with van der Waals surface area (Å²) in [7, 11) is 3.55. The van der Waals surface area contributed by atoms with Crippen LogP contribution in [-0.2, 0) is 17.9 Å². The highest BCUT2D eigenvalue weighted by Crippen LogP contribution is 2.17. The van der Waals surface area contributed by atoms with E-state index >= 15 is 0 Å². The molecular weight excluding hydrogens is 521 g/mol. The molecule has 1 heterocycles. The molecule has 0 saturated carbocycles. The largest absolute Gasteiger partial charge is 0.356 e. The Kier molecular flexibility index (Phi) is 11.1. The van der Waals surface area contributed by atoms with E-state index in [4.69, 9.17) is 0 Å². The van der Waals surface area contributed by atoms with E-state index in [-0.39, 0.29) is 29.9 Å². The van der Waals surface area contributed by atoms with E-state index in [1.54, 1.807) is 11.9 Å². The van der Waals surface area contributed by atoms with Crippen molar-refractivity contribution in [3.8, 4) is 0 Å². The van der Waals surface area contributed by atoms with Gasteiger partial charge >= 0.3 is 0 Å². The van der Waals surface area contributed by atoms with Crippen LogP contribution in [0.25, 0.3) is 0 Å². The highest BCUT2D eigenvalue weighted by molar-refractivity contribution is 14.0. The summed E-state index contributed by atoms with van der Waals surface area (Å²) >= 11 is 3.52. The molecule has 0 unspecified atom stereocenters. The Morgan fingerprint density at radius 2 is 1.81 bits per heavy atom. The molecule has 8 heteroatoms. The Labute approximate surface area is 186 Å². The van der Waals surface area contributed by atoms with E-state index in [0.29, 0.717) is 25.5 Å². The summed E-state index contributed by atoms with van der Waals surface area (Å²) in [4.78, 5) is 18.2. The molecule has 148 valence electrons. The van der Waals surface area contributed by atoms with Crippen molar-refractivity contribution >= 4 is 51.8 Å². The standard InChI is InChI=1S/C19H26BrN5O.HI/c1-21-19(23-11-14-25-12-5-6-13-25)22-10-9-18(26)24(2)15-16-7-3-4-8-17(16)20;/h3-8,12-13H,9-11,14-15H2,1-2H3,(H2,21,22,23);1H. The normalized spacial score (nSPS) is 10.9. The van der Waals surface area contributed by atoms with Crippen LogP contribution in [0.2, 0.25) is 0 Å². The smallest absolute Gasteiger partial charge is 0.224 e. The summed E-state index contributed by atoms with van der Waals surface area (Å²) in [6, 6.07) is 11.9. The molecule has 0 fully saturated rings. The number of benzene rings is 1. The van der Waals surface area contributed by atoms with Gasteiger partial charge in [-0.3, -0.25) is 9.79 Å². The van der Waals surface area contributed by atoms with Gasteiger partial charge in [0.1, 0.15) is 0 Å². The molecule has 1 amide bonds. The second kappa shape index (κ2) is 12.8. The molecule has 2 N–H and O–H groups in total. The predicted octanol–water partition coefficient (Wildman–Crippen LogP) is 3.08. The van der Waals surface area contributed by atoms with Gasteiger partial charge in [0.15, 0.2) is 5.96 Å². The van der Waals surface area contributed by atoms with Gasteiger partial charge in [0.05, 0.1) is 0 Å². The second-order valence-corrected chi connectivity index (χ2v) is 6.79. The van der Waals surface area contributed by atoms with Crippen molar-refractivity contribution in [2.24, 2.45) is 4.99 Å². The molecule has 1 aromatic heterocycles. The first-order chi connectivity index (χ1) is 12.6. The summed E-state index contributed by atoms with van der Waals surface area (Å²) in [5.74, 6) is 0.800. The Balaban J connectivity index is 0.00000364. The van der Waals surface area contributed by atoms with Gasteiger partial charge in [0.25, 0.3) is 0 Å². The molecule has 27 heavy (non-hydrogen) atoms. The average Bonchev–Trinajstić information content (AvgIpc) is 3.15. The van der Waals surface area contributed by atoms with Crippen LogP contribution in [-0.4, -0.2) is 48.5 Å². The van der Waals surface area contributed by atoms with Crippen LogP contribution in [0, 0.1) is 0 Å². The van der Waals surface area contributed by atoms with Crippen molar-refractivity contribution in [1.29, 1.82) is 0 Å². The summed E-state index contributed by atoms with van der Waals surface area (Å²) in [5, 5.41) is 6.43. The zero-order valence-corrected chi connectivity index (χ0v) is 19.6. The Bertz CT molecular complexity index is 721. The Morgan fingerprint density at radius 3 is 2.48 bits per heavy atom. The lowest BCUT2D eigenvalue weighted by atomic mass is 10.2. The fraction of sp³-hybridized carbons (Fsp3) is 0.368. The van der Waals surface area contributed by atoms with E-state index in [0.717, 1.165) is 23.1 Å². The lowest BCUT2D eigenvalue weighted by Gasteiger charge is -2.19. The number of hydrogen-bond acceptors (Lipinski definition) is 2. The van der Waals surface area contributed by atoms with Crippen molar-refractivity contribution in [1.82, 2.24) is 20.1 Å². The van der Waals surface area contributed by atoms with Crippen LogP contribution in [0.15, 0.2) is 58.3 Å². The van der Waals surface area contributed by atoms with Crippen LogP contribution in [0.1, 0.15) is 12.0 Å². The van der Waals surface area contributed by atoms with Gasteiger partial charge in [-0.15, -0.1) is 24.0 Å². The fourth-order valence-electron chi connectivity index (χ4n) is 2.49. The summed E-state index contributed by atoms with van der Waals surface area (Å²) in [6.45, 7) is 2.76. The van der Waals surface area contributed by atoms with E-state index in [1.807, 2.05) is 55.8 Å². The van der Waals surface area contributed by atoms with Crippen molar-refractivity contribution in [2.75, 3.05) is 27.2 Å². The van der Waals surface area contributed by atoms with Gasteiger partial charge < -0.3 is 20.1 Å². The number of carbonyl (C=O) groups excluding carboxylic acids is 1. The maximum atomic E-state index is 12.3. The monoisotopic (exact) mass is 547 g/mol. The minimum Gasteiger partial charge on any atom is -0.356 e. The molecule has 2 aromatic rings. The molecule has 0 aliphatic carbocycles. The lowest BCUT2D eigenvalue weighted by molar-refractivity contribution is -0.130. The van der Waals surface area contributed by atoms with Crippen LogP contribution in [0.4, 0.5) is 0 Å². The molecule has 0 bridgehead atoms. The first-order valence-electron chi connectivity index (χ1n) is 8.63. The Morgan fingerprint density at radius 1 is 1.15 bits per heavy atom. The quantitative estimate of drug-likeness (QED) is 0.303. The molecule has 0 radical (unpaired) electrons. The third kappa shape index (κ3) is 8.34. The highest BCUT2D eigenvalue weighted by atomic mass is 127. The topological polar surface area (TPSA) is 61.7 Å². The number of aromatic nitrogens is 1. The molecule has 0 spiro atoms. The first-order valence-corrected chi connectivity index (χ1v) is 9.42. The number of halogens is 2. The first kappa shape index (κ1) is 23.5. The maximum Gasteiger partial charge on any atom is 0.224 e. The van der Waals surface area contributed by atoms with Crippen molar-refractivity contribution in [3.63, 3.8) is 0 Å². The third-order valence-corrected chi connectivity index (χ3v) is 4.75. The number of nitrogens with one attached hydrogen (secondary N) is 2. The number of aliphatic imine (C=N–C) groups is 1. The molecule has 0 aliphatic rings. The predicted molar refractivity (Wildman–Crippen MR) is 124 cm³/mol. The number of guanidine groups is 1.